The van der Waals surface area contributed by atoms with E-state index in [1.165, 1.54) is 5.56 Å². The number of carboxylic acids is 2. The van der Waals surface area contributed by atoms with E-state index in [-0.39, 0.29) is 11.7 Å². The van der Waals surface area contributed by atoms with Gasteiger partial charge in [-0.15, -0.1) is 0 Å². The Labute approximate surface area is 234 Å². The monoisotopic (exact) mass is 553 g/mol. The van der Waals surface area contributed by atoms with E-state index < -0.39 is 11.9 Å². The molecule has 0 radical (unpaired) electrons. The van der Waals surface area contributed by atoms with E-state index in [4.69, 9.17) is 24.5 Å². The Hall–Kier alpha value is -3.93. The molecule has 2 heterocycles. The van der Waals surface area contributed by atoms with Crippen LogP contribution in [0.25, 0.3) is 5.69 Å². The molecule has 1 saturated heterocycles. The van der Waals surface area contributed by atoms with E-state index in [9.17, 15) is 4.79 Å². The third kappa shape index (κ3) is 8.54. The molecule has 0 aliphatic carbocycles. The summed E-state index contributed by atoms with van der Waals surface area (Å²) >= 11 is 0. The molecular weight excluding hydrogens is 514 g/mol. The van der Waals surface area contributed by atoms with Gasteiger partial charge in [0.1, 0.15) is 5.69 Å². The predicted molar refractivity (Wildman–Crippen MR) is 153 cm³/mol. The van der Waals surface area contributed by atoms with Crippen LogP contribution in [0.2, 0.25) is 0 Å². The molecule has 1 atom stereocenters. The van der Waals surface area contributed by atoms with Gasteiger partial charge in [0.25, 0.3) is 5.56 Å². The fourth-order valence-corrected chi connectivity index (χ4v) is 4.53. The number of aliphatic carboxylic acids is 2. The van der Waals surface area contributed by atoms with Crippen molar-refractivity contribution in [3.8, 4) is 5.69 Å². The zero-order valence-corrected chi connectivity index (χ0v) is 23.5. The van der Waals surface area contributed by atoms with Gasteiger partial charge < -0.3 is 25.6 Å². The van der Waals surface area contributed by atoms with Crippen LogP contribution in [0.4, 0.5) is 11.4 Å². The van der Waals surface area contributed by atoms with Crippen LogP contribution in [0.15, 0.2) is 59.4 Å². The second kappa shape index (κ2) is 14.5. The van der Waals surface area contributed by atoms with Crippen molar-refractivity contribution in [2.45, 2.75) is 33.4 Å². The van der Waals surface area contributed by atoms with Crippen LogP contribution in [0, 0.1) is 12.8 Å². The third-order valence-corrected chi connectivity index (χ3v) is 6.51. The summed E-state index contributed by atoms with van der Waals surface area (Å²) in [6.45, 7) is 12.1. The maximum atomic E-state index is 13.1. The number of nitrogens with zero attached hydrogens (tertiary/aromatic N) is 3. The summed E-state index contributed by atoms with van der Waals surface area (Å²) in [4.78, 5) is 33.8. The van der Waals surface area contributed by atoms with Gasteiger partial charge in [-0.3, -0.25) is 14.4 Å². The number of morpholine rings is 1. The second-order valence-electron chi connectivity index (χ2n) is 10.1. The van der Waals surface area contributed by atoms with Gasteiger partial charge in [-0.05, 0) is 42.7 Å². The molecule has 0 bridgehead atoms. The molecule has 40 heavy (non-hydrogen) atoms. The van der Waals surface area contributed by atoms with E-state index in [1.54, 1.807) is 4.68 Å². The summed E-state index contributed by atoms with van der Waals surface area (Å²) in [5.41, 5.74) is 4.37. The summed E-state index contributed by atoms with van der Waals surface area (Å²) in [5, 5.41) is 21.6. The maximum absolute atomic E-state index is 13.1. The molecule has 0 spiro atoms. The number of carboxylic acid groups (broad SMARTS) is 2. The van der Waals surface area contributed by atoms with Gasteiger partial charge in [0.2, 0.25) is 0 Å². The quantitative estimate of drug-likeness (QED) is 0.295. The molecule has 11 heteroatoms. The van der Waals surface area contributed by atoms with E-state index in [1.807, 2.05) is 61.1 Å². The molecule has 1 unspecified atom stereocenters. The van der Waals surface area contributed by atoms with E-state index in [0.717, 1.165) is 56.4 Å². The number of benzene rings is 2. The van der Waals surface area contributed by atoms with Gasteiger partial charge in [0.15, 0.2) is 0 Å². The van der Waals surface area contributed by atoms with Gasteiger partial charge in [-0.25, -0.2) is 14.3 Å². The van der Waals surface area contributed by atoms with Crippen molar-refractivity contribution in [3.63, 3.8) is 0 Å². The number of rotatable bonds is 9. The van der Waals surface area contributed by atoms with Gasteiger partial charge in [-0.1, -0.05) is 44.2 Å². The highest BCUT2D eigenvalue weighted by molar-refractivity contribution is 6.27. The highest BCUT2D eigenvalue weighted by atomic mass is 16.5. The van der Waals surface area contributed by atoms with Crippen LogP contribution < -0.4 is 16.2 Å². The molecule has 3 aromatic rings. The number of ether oxygens (including phenoxy) is 1. The molecule has 1 aliphatic heterocycles. The van der Waals surface area contributed by atoms with Crippen molar-refractivity contribution >= 4 is 23.3 Å². The maximum Gasteiger partial charge on any atom is 0.414 e. The van der Waals surface area contributed by atoms with Crippen LogP contribution >= 0.6 is 0 Å². The molecule has 11 nitrogen and oxygen atoms in total. The number of hydrogen-bond acceptors (Lipinski definition) is 7. The average Bonchev–Trinajstić information content (AvgIpc) is 3.13. The van der Waals surface area contributed by atoms with Crippen LogP contribution in [0.3, 0.4) is 0 Å². The first-order valence-corrected chi connectivity index (χ1v) is 13.3. The lowest BCUT2D eigenvalue weighted by atomic mass is 10.1. The van der Waals surface area contributed by atoms with Crippen molar-refractivity contribution in [1.29, 1.82) is 0 Å². The largest absolute Gasteiger partial charge is 0.473 e. The SMILES string of the molecule is Cc1c(Nc2ccc(CNCC3CN(CC(C)C)CCO3)cc2)c(=O)n(-c2ccccc2)n1C.O=C(O)C(=O)O. The summed E-state index contributed by atoms with van der Waals surface area (Å²) in [6.07, 6.45) is 0.237. The van der Waals surface area contributed by atoms with Gasteiger partial charge in [0.05, 0.1) is 24.1 Å². The van der Waals surface area contributed by atoms with Crippen LogP contribution in [0.1, 0.15) is 25.1 Å². The van der Waals surface area contributed by atoms with Crippen molar-refractivity contribution in [2.75, 3.05) is 38.1 Å². The highest BCUT2D eigenvalue weighted by Crippen LogP contribution is 2.20. The Kier molecular flexibility index (Phi) is 11.1. The molecule has 216 valence electrons. The molecule has 1 aromatic heterocycles. The van der Waals surface area contributed by atoms with Crippen LogP contribution in [-0.4, -0.2) is 75.3 Å². The first-order chi connectivity index (χ1) is 19.1. The number of para-hydroxylation sites is 1. The topological polar surface area (TPSA) is 138 Å². The Morgan fingerprint density at radius 1 is 1.05 bits per heavy atom. The molecule has 1 fully saturated rings. The lowest BCUT2D eigenvalue weighted by Crippen LogP contribution is -2.47. The van der Waals surface area contributed by atoms with Crippen molar-refractivity contribution in [2.24, 2.45) is 13.0 Å². The Morgan fingerprint density at radius 2 is 1.70 bits per heavy atom. The molecule has 1 aliphatic rings. The molecule has 0 saturated carbocycles. The minimum Gasteiger partial charge on any atom is -0.473 e. The number of aromatic nitrogens is 2. The average molecular weight is 554 g/mol. The first kappa shape index (κ1) is 30.6. The highest BCUT2D eigenvalue weighted by Gasteiger charge is 2.20. The van der Waals surface area contributed by atoms with Gasteiger partial charge in [0, 0.05) is 45.5 Å². The van der Waals surface area contributed by atoms with Crippen LogP contribution in [0.5, 0.6) is 0 Å². The second-order valence-corrected chi connectivity index (χ2v) is 10.1. The fourth-order valence-electron chi connectivity index (χ4n) is 4.53. The van der Waals surface area contributed by atoms with Crippen molar-refractivity contribution < 1.29 is 24.5 Å². The summed E-state index contributed by atoms with van der Waals surface area (Å²) in [7, 11) is 1.90. The summed E-state index contributed by atoms with van der Waals surface area (Å²) in [5.74, 6) is -2.97. The van der Waals surface area contributed by atoms with Gasteiger partial charge in [-0.2, -0.15) is 0 Å². The number of carbonyl (C=O) groups is 2. The van der Waals surface area contributed by atoms with E-state index >= 15 is 0 Å². The molecule has 2 aromatic carbocycles. The third-order valence-electron chi connectivity index (χ3n) is 6.51. The summed E-state index contributed by atoms with van der Waals surface area (Å²) < 4.78 is 9.50. The lowest BCUT2D eigenvalue weighted by molar-refractivity contribution is -0.159. The lowest BCUT2D eigenvalue weighted by Gasteiger charge is -2.34. The molecule has 4 N–H and O–H groups in total. The minimum absolute atomic E-state index is 0.0593. The number of hydrogen-bond donors (Lipinski definition) is 4. The zero-order chi connectivity index (χ0) is 29.2. The van der Waals surface area contributed by atoms with Crippen molar-refractivity contribution in [3.05, 3.63) is 76.2 Å². The molecular formula is C29H39N5O6. The Bertz CT molecular complexity index is 1310. The van der Waals surface area contributed by atoms with Gasteiger partial charge >= 0.3 is 11.9 Å². The summed E-state index contributed by atoms with van der Waals surface area (Å²) in [6, 6.07) is 17.9. The minimum atomic E-state index is -1.82. The molecule has 0 amide bonds. The van der Waals surface area contributed by atoms with E-state index in [0.29, 0.717) is 11.6 Å². The predicted octanol–water partition coefficient (Wildman–Crippen LogP) is 2.83. The fraction of sp³-hybridized carbons (Fsp3) is 0.414. The first-order valence-electron chi connectivity index (χ1n) is 13.3. The zero-order valence-electron chi connectivity index (χ0n) is 23.5. The normalized spacial score (nSPS) is 15.4. The van der Waals surface area contributed by atoms with E-state index in [2.05, 4.69) is 41.5 Å². The standard InChI is InChI=1S/C27H37N5O2.C2H2O4/c1-20(2)18-31-14-15-34-25(19-31)17-28-16-22-10-12-23(13-11-22)29-26-21(3)30(4)32(27(26)33)24-8-6-5-7-9-24;3-1(4)2(5)6/h5-13,20,25,28-29H,14-19H2,1-4H3;(H,3,4)(H,5,6). The Balaban J connectivity index is 0.000000663. The Morgan fingerprint density at radius 3 is 2.30 bits per heavy atom. The smallest absolute Gasteiger partial charge is 0.414 e. The van der Waals surface area contributed by atoms with Crippen molar-refractivity contribution in [1.82, 2.24) is 19.6 Å². The number of nitrogens with one attached hydrogen (secondary N) is 2. The van der Waals surface area contributed by atoms with Crippen LogP contribution in [-0.2, 0) is 27.9 Å². The molecule has 4 rings (SSSR count). The number of anilines is 2.